The highest BCUT2D eigenvalue weighted by molar-refractivity contribution is 9.10. The predicted molar refractivity (Wildman–Crippen MR) is 66.6 cm³/mol. The van der Waals surface area contributed by atoms with Gasteiger partial charge in [0, 0.05) is 10.4 Å². The van der Waals surface area contributed by atoms with Crippen LogP contribution in [0.2, 0.25) is 0 Å². The summed E-state index contributed by atoms with van der Waals surface area (Å²) in [5.74, 6) is 1.39. The Kier molecular flexibility index (Phi) is 3.64. The van der Waals surface area contributed by atoms with Crippen LogP contribution in [-0.2, 0) is 4.79 Å². The molecule has 0 aliphatic heterocycles. The first-order valence-electron chi connectivity index (χ1n) is 5.58. The lowest BCUT2D eigenvalue weighted by molar-refractivity contribution is -0.120. The van der Waals surface area contributed by atoms with Gasteiger partial charge >= 0.3 is 0 Å². The average Bonchev–Trinajstić information content (AvgIpc) is 2.70. The van der Waals surface area contributed by atoms with Gasteiger partial charge in [0.2, 0.25) is 0 Å². The van der Waals surface area contributed by atoms with Crippen LogP contribution >= 0.6 is 15.9 Å². The third-order valence-corrected chi connectivity index (χ3v) is 3.60. The number of rotatable bonds is 3. The first-order valence-corrected chi connectivity index (χ1v) is 6.37. The fraction of sp³-hybridized carbons (Fsp3) is 0.462. The van der Waals surface area contributed by atoms with E-state index in [0.717, 1.165) is 29.5 Å². The molecule has 3 heteroatoms. The topological polar surface area (TPSA) is 26.3 Å². The molecule has 16 heavy (non-hydrogen) atoms. The van der Waals surface area contributed by atoms with E-state index in [2.05, 4.69) is 15.9 Å². The third-order valence-electron chi connectivity index (χ3n) is 3.08. The molecule has 1 aromatic rings. The molecule has 0 radical (unpaired) electrons. The Hall–Kier alpha value is -0.830. The molecule has 86 valence electrons. The Morgan fingerprint density at radius 3 is 2.56 bits per heavy atom. The van der Waals surface area contributed by atoms with Crippen molar-refractivity contribution in [2.45, 2.75) is 32.3 Å². The van der Waals surface area contributed by atoms with Crippen LogP contribution in [0.1, 0.15) is 26.2 Å². The van der Waals surface area contributed by atoms with Crippen molar-refractivity contribution >= 4 is 21.7 Å². The maximum Gasteiger partial charge on any atom is 0.133 e. The summed E-state index contributed by atoms with van der Waals surface area (Å²) >= 11 is 3.39. The van der Waals surface area contributed by atoms with E-state index in [4.69, 9.17) is 4.74 Å². The molecule has 0 bridgehead atoms. The van der Waals surface area contributed by atoms with Crippen molar-refractivity contribution < 1.29 is 9.53 Å². The fourth-order valence-electron chi connectivity index (χ4n) is 2.12. The standard InChI is InChI=1S/C13H15BrO2/c1-9(15)10-2-5-13(8-10)16-12-6-3-11(14)4-7-12/h3-4,6-7,10,13H,2,5,8H2,1H3/t10-,13-/m1/s1. The number of benzene rings is 1. The maximum absolute atomic E-state index is 11.2. The first kappa shape index (κ1) is 11.6. The summed E-state index contributed by atoms with van der Waals surface area (Å²) in [4.78, 5) is 11.2. The Morgan fingerprint density at radius 1 is 1.31 bits per heavy atom. The van der Waals surface area contributed by atoms with Crippen molar-refractivity contribution in [1.29, 1.82) is 0 Å². The largest absolute Gasteiger partial charge is 0.490 e. The van der Waals surface area contributed by atoms with Crippen molar-refractivity contribution in [2.75, 3.05) is 0 Å². The third kappa shape index (κ3) is 2.85. The van der Waals surface area contributed by atoms with Crippen molar-refractivity contribution in [3.05, 3.63) is 28.7 Å². The number of ether oxygens (including phenoxy) is 1. The maximum atomic E-state index is 11.2. The van der Waals surface area contributed by atoms with E-state index in [-0.39, 0.29) is 12.0 Å². The Balaban J connectivity index is 1.92. The van der Waals surface area contributed by atoms with Gasteiger partial charge in [0.1, 0.15) is 11.5 Å². The number of carbonyl (C=O) groups is 1. The lowest BCUT2D eigenvalue weighted by Crippen LogP contribution is -2.14. The highest BCUT2D eigenvalue weighted by Gasteiger charge is 2.28. The van der Waals surface area contributed by atoms with E-state index in [0.29, 0.717) is 5.78 Å². The minimum absolute atomic E-state index is 0.204. The van der Waals surface area contributed by atoms with Gasteiger partial charge in [0.25, 0.3) is 0 Å². The average molecular weight is 283 g/mol. The lowest BCUT2D eigenvalue weighted by atomic mass is 10.0. The van der Waals surface area contributed by atoms with Crippen LogP contribution in [0.25, 0.3) is 0 Å². The van der Waals surface area contributed by atoms with Crippen LogP contribution in [0, 0.1) is 5.92 Å². The van der Waals surface area contributed by atoms with Gasteiger partial charge in [-0.1, -0.05) is 15.9 Å². The van der Waals surface area contributed by atoms with E-state index >= 15 is 0 Å². The first-order chi connectivity index (χ1) is 7.65. The molecule has 0 spiro atoms. The molecule has 2 rings (SSSR count). The van der Waals surface area contributed by atoms with E-state index in [1.165, 1.54) is 0 Å². The highest BCUT2D eigenvalue weighted by Crippen LogP contribution is 2.30. The summed E-state index contributed by atoms with van der Waals surface area (Å²) in [6.07, 6.45) is 3.03. The van der Waals surface area contributed by atoms with Crippen LogP contribution in [0.5, 0.6) is 5.75 Å². The zero-order chi connectivity index (χ0) is 11.5. The molecule has 1 fully saturated rings. The Labute approximate surface area is 104 Å². The summed E-state index contributed by atoms with van der Waals surface area (Å²) in [6.45, 7) is 1.67. The van der Waals surface area contributed by atoms with Crippen LogP contribution in [0.4, 0.5) is 0 Å². The molecular weight excluding hydrogens is 268 g/mol. The van der Waals surface area contributed by atoms with Gasteiger partial charge in [-0.2, -0.15) is 0 Å². The van der Waals surface area contributed by atoms with Gasteiger partial charge in [-0.3, -0.25) is 4.79 Å². The van der Waals surface area contributed by atoms with Gasteiger partial charge in [-0.25, -0.2) is 0 Å². The smallest absolute Gasteiger partial charge is 0.133 e. The molecule has 1 saturated carbocycles. The molecule has 0 heterocycles. The summed E-state index contributed by atoms with van der Waals surface area (Å²) < 4.78 is 6.89. The van der Waals surface area contributed by atoms with E-state index < -0.39 is 0 Å². The van der Waals surface area contributed by atoms with Crippen LogP contribution in [0.3, 0.4) is 0 Å². The van der Waals surface area contributed by atoms with Gasteiger partial charge < -0.3 is 4.74 Å². The molecule has 0 unspecified atom stereocenters. The van der Waals surface area contributed by atoms with Crippen LogP contribution < -0.4 is 4.74 Å². The van der Waals surface area contributed by atoms with Crippen molar-refractivity contribution in [3.8, 4) is 5.75 Å². The molecule has 2 nitrogen and oxygen atoms in total. The van der Waals surface area contributed by atoms with Gasteiger partial charge in [0.05, 0.1) is 6.10 Å². The number of hydrogen-bond donors (Lipinski definition) is 0. The second-order valence-corrected chi connectivity index (χ2v) is 5.23. The normalized spacial score (nSPS) is 24.4. The minimum atomic E-state index is 0.204. The molecule has 2 atom stereocenters. The highest BCUT2D eigenvalue weighted by atomic mass is 79.9. The molecular formula is C13H15BrO2. The second-order valence-electron chi connectivity index (χ2n) is 4.31. The molecule has 0 N–H and O–H groups in total. The zero-order valence-corrected chi connectivity index (χ0v) is 10.9. The zero-order valence-electron chi connectivity index (χ0n) is 9.28. The number of carbonyl (C=O) groups excluding carboxylic acids is 1. The molecule has 1 aliphatic carbocycles. The quantitative estimate of drug-likeness (QED) is 0.847. The van der Waals surface area contributed by atoms with Crippen LogP contribution in [-0.4, -0.2) is 11.9 Å². The summed E-state index contributed by atoms with van der Waals surface area (Å²) in [7, 11) is 0. The summed E-state index contributed by atoms with van der Waals surface area (Å²) in [6, 6.07) is 7.83. The van der Waals surface area contributed by atoms with Gasteiger partial charge in [-0.05, 0) is 50.5 Å². The van der Waals surface area contributed by atoms with E-state index in [1.807, 2.05) is 24.3 Å². The van der Waals surface area contributed by atoms with Crippen LogP contribution in [0.15, 0.2) is 28.7 Å². The molecule has 0 saturated heterocycles. The lowest BCUT2D eigenvalue weighted by Gasteiger charge is -2.13. The monoisotopic (exact) mass is 282 g/mol. The number of ketones is 1. The van der Waals surface area contributed by atoms with E-state index in [1.54, 1.807) is 6.92 Å². The number of Topliss-reactive ketones (excluding diaryl/α,β-unsaturated/α-hetero) is 1. The Bertz CT molecular complexity index is 372. The van der Waals surface area contributed by atoms with E-state index in [9.17, 15) is 4.79 Å². The Morgan fingerprint density at radius 2 is 2.00 bits per heavy atom. The van der Waals surface area contributed by atoms with Crippen molar-refractivity contribution in [1.82, 2.24) is 0 Å². The number of hydrogen-bond acceptors (Lipinski definition) is 2. The SMILES string of the molecule is CC(=O)[C@@H]1CC[C@@H](Oc2ccc(Br)cc2)C1. The molecule has 0 amide bonds. The number of halogens is 1. The second kappa shape index (κ2) is 5.00. The van der Waals surface area contributed by atoms with Crippen molar-refractivity contribution in [2.24, 2.45) is 5.92 Å². The van der Waals surface area contributed by atoms with Gasteiger partial charge in [-0.15, -0.1) is 0 Å². The summed E-state index contributed by atoms with van der Waals surface area (Å²) in [5.41, 5.74) is 0. The predicted octanol–water partition coefficient (Wildman–Crippen LogP) is 3.59. The molecule has 1 aromatic carbocycles. The van der Waals surface area contributed by atoms with Gasteiger partial charge in [0.15, 0.2) is 0 Å². The van der Waals surface area contributed by atoms with Crippen molar-refractivity contribution in [3.63, 3.8) is 0 Å². The summed E-state index contributed by atoms with van der Waals surface area (Å²) in [5, 5.41) is 0. The fourth-order valence-corrected chi connectivity index (χ4v) is 2.39. The molecule has 0 aromatic heterocycles. The molecule has 1 aliphatic rings. The minimum Gasteiger partial charge on any atom is -0.490 e.